The Morgan fingerprint density at radius 3 is 2.71 bits per heavy atom. The number of nitrogens with zero attached hydrogens (tertiary/aromatic N) is 2. The van der Waals surface area contributed by atoms with Crippen molar-refractivity contribution in [2.45, 2.75) is 40.7 Å². The van der Waals surface area contributed by atoms with Crippen LogP contribution < -0.4 is 10.6 Å². The molecule has 0 bridgehead atoms. The maximum Gasteiger partial charge on any atom is 0.350 e. The van der Waals surface area contributed by atoms with Gasteiger partial charge >= 0.3 is 5.97 Å². The van der Waals surface area contributed by atoms with Crippen molar-refractivity contribution in [3.8, 4) is 0 Å². The van der Waals surface area contributed by atoms with Crippen molar-refractivity contribution in [1.82, 2.24) is 15.6 Å². The SMILES string of the molecule is CCN=C(NCC)NC(C)c1nc(C)c(C(=O)OCC)s1. The molecule has 0 aliphatic heterocycles. The number of esters is 1. The van der Waals surface area contributed by atoms with E-state index < -0.39 is 0 Å². The molecule has 7 heteroatoms. The first-order valence-electron chi connectivity index (χ1n) is 7.22. The maximum atomic E-state index is 11.8. The maximum absolute atomic E-state index is 11.8. The summed E-state index contributed by atoms with van der Waals surface area (Å²) >= 11 is 1.36. The molecule has 0 saturated carbocycles. The molecule has 0 aliphatic carbocycles. The molecule has 0 saturated heterocycles. The standard InChI is InChI=1S/C14H24N4O2S/c1-6-15-14(16-7-2)18-10(5)12-17-9(4)11(21-12)13(19)20-8-3/h10H,6-8H2,1-5H3,(H2,15,16,18). The summed E-state index contributed by atoms with van der Waals surface area (Å²) < 4.78 is 5.04. The molecule has 1 heterocycles. The molecule has 2 N–H and O–H groups in total. The molecule has 0 fully saturated rings. The molecule has 0 amide bonds. The molecule has 21 heavy (non-hydrogen) atoms. The lowest BCUT2D eigenvalue weighted by molar-refractivity contribution is 0.0531. The molecule has 1 aromatic heterocycles. The summed E-state index contributed by atoms with van der Waals surface area (Å²) in [6.07, 6.45) is 0. The second-order valence-electron chi connectivity index (χ2n) is 4.41. The van der Waals surface area contributed by atoms with Crippen LogP contribution in [0.15, 0.2) is 4.99 Å². The number of aryl methyl sites for hydroxylation is 1. The van der Waals surface area contributed by atoms with Gasteiger partial charge in [-0.05, 0) is 34.6 Å². The smallest absolute Gasteiger partial charge is 0.350 e. The number of hydrogen-bond donors (Lipinski definition) is 2. The highest BCUT2D eigenvalue weighted by molar-refractivity contribution is 7.13. The topological polar surface area (TPSA) is 75.6 Å². The van der Waals surface area contributed by atoms with Crippen LogP contribution in [-0.2, 0) is 4.74 Å². The highest BCUT2D eigenvalue weighted by Gasteiger charge is 2.19. The van der Waals surface area contributed by atoms with Gasteiger partial charge in [0.25, 0.3) is 0 Å². The van der Waals surface area contributed by atoms with E-state index in [1.807, 2.05) is 27.7 Å². The van der Waals surface area contributed by atoms with Crippen LogP contribution in [0.4, 0.5) is 0 Å². The lowest BCUT2D eigenvalue weighted by Crippen LogP contribution is -2.38. The lowest BCUT2D eigenvalue weighted by Gasteiger charge is -2.15. The van der Waals surface area contributed by atoms with Gasteiger partial charge in [-0.2, -0.15) is 0 Å². The van der Waals surface area contributed by atoms with E-state index in [2.05, 4.69) is 20.6 Å². The predicted octanol–water partition coefficient (Wildman–Crippen LogP) is 2.26. The van der Waals surface area contributed by atoms with Crippen molar-refractivity contribution in [3.63, 3.8) is 0 Å². The first kappa shape index (κ1) is 17.4. The number of aliphatic imine (C=N–C) groups is 1. The van der Waals surface area contributed by atoms with Crippen molar-refractivity contribution in [2.24, 2.45) is 4.99 Å². The highest BCUT2D eigenvalue weighted by atomic mass is 32.1. The fraction of sp³-hybridized carbons (Fsp3) is 0.643. The van der Waals surface area contributed by atoms with Gasteiger partial charge in [0.05, 0.1) is 18.3 Å². The molecule has 0 spiro atoms. The molecule has 0 radical (unpaired) electrons. The minimum Gasteiger partial charge on any atom is -0.462 e. The third-order valence-electron chi connectivity index (χ3n) is 2.66. The van der Waals surface area contributed by atoms with E-state index in [4.69, 9.17) is 4.74 Å². The van der Waals surface area contributed by atoms with E-state index in [0.717, 1.165) is 17.5 Å². The Kier molecular flexibility index (Phi) is 7.14. The zero-order chi connectivity index (χ0) is 15.8. The largest absolute Gasteiger partial charge is 0.462 e. The molecule has 1 rings (SSSR count). The third kappa shape index (κ3) is 5.00. The number of carbonyl (C=O) groups excluding carboxylic acids is 1. The van der Waals surface area contributed by atoms with Crippen LogP contribution in [0.2, 0.25) is 0 Å². The molecule has 0 aliphatic rings. The third-order valence-corrected chi connectivity index (χ3v) is 3.98. The molecule has 1 unspecified atom stereocenters. The fourth-order valence-corrected chi connectivity index (χ4v) is 2.70. The zero-order valence-corrected chi connectivity index (χ0v) is 14.1. The van der Waals surface area contributed by atoms with Crippen LogP contribution in [0.1, 0.15) is 54.1 Å². The minimum absolute atomic E-state index is 0.0266. The van der Waals surface area contributed by atoms with Crippen LogP contribution in [0.5, 0.6) is 0 Å². The molecular weight excluding hydrogens is 288 g/mol. The Morgan fingerprint density at radius 1 is 1.43 bits per heavy atom. The Labute approximate surface area is 130 Å². The number of guanidine groups is 1. The molecule has 1 aromatic rings. The van der Waals surface area contributed by atoms with Gasteiger partial charge in [-0.25, -0.2) is 9.78 Å². The number of hydrogen-bond acceptors (Lipinski definition) is 5. The second kappa shape index (κ2) is 8.61. The van der Waals surface area contributed by atoms with Gasteiger partial charge in [-0.15, -0.1) is 11.3 Å². The lowest BCUT2D eigenvalue weighted by atomic mass is 10.3. The van der Waals surface area contributed by atoms with E-state index >= 15 is 0 Å². The van der Waals surface area contributed by atoms with Crippen molar-refractivity contribution in [3.05, 3.63) is 15.6 Å². The fourth-order valence-electron chi connectivity index (χ4n) is 1.73. The summed E-state index contributed by atoms with van der Waals surface area (Å²) in [5, 5.41) is 7.30. The van der Waals surface area contributed by atoms with Crippen molar-refractivity contribution < 1.29 is 9.53 Å². The van der Waals surface area contributed by atoms with E-state index in [0.29, 0.717) is 23.7 Å². The Balaban J connectivity index is 2.83. The van der Waals surface area contributed by atoms with Crippen molar-refractivity contribution in [2.75, 3.05) is 19.7 Å². The Bertz CT molecular complexity index is 499. The first-order valence-corrected chi connectivity index (χ1v) is 8.04. The van der Waals surface area contributed by atoms with Gasteiger partial charge in [0.15, 0.2) is 5.96 Å². The Morgan fingerprint density at radius 2 is 2.14 bits per heavy atom. The number of aromatic nitrogens is 1. The van der Waals surface area contributed by atoms with E-state index in [-0.39, 0.29) is 12.0 Å². The van der Waals surface area contributed by atoms with Crippen LogP contribution in [0, 0.1) is 6.92 Å². The number of thiazole rings is 1. The van der Waals surface area contributed by atoms with Crippen molar-refractivity contribution in [1.29, 1.82) is 0 Å². The van der Waals surface area contributed by atoms with E-state index in [1.165, 1.54) is 11.3 Å². The summed E-state index contributed by atoms with van der Waals surface area (Å²) in [7, 11) is 0. The van der Waals surface area contributed by atoms with Gasteiger partial charge in [0.1, 0.15) is 9.88 Å². The number of rotatable bonds is 6. The molecular formula is C14H24N4O2S. The van der Waals surface area contributed by atoms with Crippen LogP contribution >= 0.6 is 11.3 Å². The van der Waals surface area contributed by atoms with E-state index in [1.54, 1.807) is 6.92 Å². The summed E-state index contributed by atoms with van der Waals surface area (Å²) in [6.45, 7) is 11.5. The average Bonchev–Trinajstić information content (AvgIpc) is 2.82. The first-order chi connectivity index (χ1) is 10.0. The van der Waals surface area contributed by atoms with E-state index in [9.17, 15) is 4.79 Å². The van der Waals surface area contributed by atoms with Gasteiger partial charge in [0, 0.05) is 13.1 Å². The number of nitrogens with one attached hydrogen (secondary N) is 2. The molecule has 0 aromatic carbocycles. The van der Waals surface area contributed by atoms with Gasteiger partial charge < -0.3 is 15.4 Å². The monoisotopic (exact) mass is 312 g/mol. The summed E-state index contributed by atoms with van der Waals surface area (Å²) in [4.78, 5) is 21.2. The average molecular weight is 312 g/mol. The Hall–Kier alpha value is -1.63. The van der Waals surface area contributed by atoms with Crippen molar-refractivity contribution >= 4 is 23.3 Å². The van der Waals surface area contributed by atoms with Crippen LogP contribution in [0.25, 0.3) is 0 Å². The number of carbonyl (C=O) groups is 1. The quantitative estimate of drug-likeness (QED) is 0.479. The zero-order valence-electron chi connectivity index (χ0n) is 13.3. The molecule has 1 atom stereocenters. The summed E-state index contributed by atoms with van der Waals surface area (Å²) in [5.74, 6) is 0.443. The highest BCUT2D eigenvalue weighted by Crippen LogP contribution is 2.24. The van der Waals surface area contributed by atoms with Crippen LogP contribution in [0.3, 0.4) is 0 Å². The normalized spacial score (nSPS) is 12.9. The van der Waals surface area contributed by atoms with Gasteiger partial charge in [0.2, 0.25) is 0 Å². The molecule has 118 valence electrons. The van der Waals surface area contributed by atoms with Gasteiger partial charge in [-0.3, -0.25) is 4.99 Å². The second-order valence-corrected chi connectivity index (χ2v) is 5.44. The predicted molar refractivity (Wildman–Crippen MR) is 86.0 cm³/mol. The van der Waals surface area contributed by atoms with Crippen LogP contribution in [-0.4, -0.2) is 36.6 Å². The molecule has 6 nitrogen and oxygen atoms in total. The minimum atomic E-state index is -0.305. The number of ether oxygens (including phenoxy) is 1. The summed E-state index contributed by atoms with van der Waals surface area (Å²) in [5.41, 5.74) is 0.708. The summed E-state index contributed by atoms with van der Waals surface area (Å²) in [6, 6.07) is -0.0266. The van der Waals surface area contributed by atoms with Gasteiger partial charge in [-0.1, -0.05) is 0 Å².